The normalized spacial score (nSPS) is 12.0. The fourth-order valence-corrected chi connectivity index (χ4v) is 3.19. The van der Waals surface area contributed by atoms with Gasteiger partial charge in [0.05, 0.1) is 145 Å². The fraction of sp³-hybridized carbons (Fsp3) is 0.938. The Balaban J connectivity index is 3.47. The number of carbonyl (C=O) groups excluding carboxylic acids is 2. The lowest BCUT2D eigenvalue weighted by molar-refractivity contribution is -0.0275. The highest BCUT2D eigenvalue weighted by atomic mass is 16.6. The molecule has 0 fully saturated rings. The predicted octanol–water partition coefficient (Wildman–Crippen LogP) is 2.32. The SMILES string of the molecule is CC(C)(C)OC(=O)N(CCOCCOCCOCCOCCOCCOCCOCCOCCOCCOCCO)C(=O)OC(C)(C)C. The van der Waals surface area contributed by atoms with Crippen LogP contribution < -0.4 is 0 Å². The van der Waals surface area contributed by atoms with Gasteiger partial charge >= 0.3 is 12.2 Å². The van der Waals surface area contributed by atoms with E-state index in [9.17, 15) is 9.59 Å². The van der Waals surface area contributed by atoms with Crippen LogP contribution in [-0.4, -0.2) is 179 Å². The van der Waals surface area contributed by atoms with Crippen LogP contribution in [0.3, 0.4) is 0 Å². The third kappa shape index (κ3) is 34.2. The van der Waals surface area contributed by atoms with Crippen molar-refractivity contribution in [2.75, 3.05) is 145 Å². The molecule has 0 aromatic heterocycles. The molecule has 0 aliphatic carbocycles. The summed E-state index contributed by atoms with van der Waals surface area (Å²) in [5, 5.41) is 8.58. The molecular formula is C32H63NO15. The van der Waals surface area contributed by atoms with Gasteiger partial charge in [-0.15, -0.1) is 0 Å². The molecule has 0 saturated carbocycles. The summed E-state index contributed by atoms with van der Waals surface area (Å²) in [6.45, 7) is 18.8. The molecule has 1 N–H and O–H groups in total. The Morgan fingerprint density at radius 1 is 0.396 bits per heavy atom. The van der Waals surface area contributed by atoms with E-state index in [1.807, 2.05) is 0 Å². The molecule has 286 valence electrons. The molecule has 16 nitrogen and oxygen atoms in total. The van der Waals surface area contributed by atoms with Crippen molar-refractivity contribution in [2.45, 2.75) is 52.7 Å². The van der Waals surface area contributed by atoms with Crippen molar-refractivity contribution >= 4 is 12.2 Å². The van der Waals surface area contributed by atoms with Crippen LogP contribution in [-0.2, 0) is 56.8 Å². The molecule has 0 radical (unpaired) electrons. The van der Waals surface area contributed by atoms with Crippen molar-refractivity contribution in [1.29, 1.82) is 0 Å². The summed E-state index contributed by atoms with van der Waals surface area (Å²) in [5.41, 5.74) is -1.51. The van der Waals surface area contributed by atoms with E-state index in [0.717, 1.165) is 4.90 Å². The highest BCUT2D eigenvalue weighted by Crippen LogP contribution is 2.14. The number of aliphatic hydroxyl groups excluding tert-OH is 1. The zero-order valence-corrected chi connectivity index (χ0v) is 30.2. The average Bonchev–Trinajstić information content (AvgIpc) is 2.99. The van der Waals surface area contributed by atoms with Gasteiger partial charge in [0.25, 0.3) is 0 Å². The van der Waals surface area contributed by atoms with E-state index in [1.165, 1.54) is 0 Å². The van der Waals surface area contributed by atoms with Crippen molar-refractivity contribution in [2.24, 2.45) is 0 Å². The number of rotatable bonds is 32. The van der Waals surface area contributed by atoms with E-state index in [4.69, 9.17) is 61.9 Å². The van der Waals surface area contributed by atoms with Crippen LogP contribution in [0, 0.1) is 0 Å². The minimum absolute atomic E-state index is 0.0114. The zero-order valence-electron chi connectivity index (χ0n) is 30.2. The van der Waals surface area contributed by atoms with Gasteiger partial charge in [0.2, 0.25) is 0 Å². The second kappa shape index (κ2) is 31.3. The Morgan fingerprint density at radius 3 is 0.812 bits per heavy atom. The monoisotopic (exact) mass is 701 g/mol. The maximum absolute atomic E-state index is 12.5. The largest absolute Gasteiger partial charge is 0.443 e. The summed E-state index contributed by atoms with van der Waals surface area (Å²) in [5.74, 6) is 0. The van der Waals surface area contributed by atoms with Gasteiger partial charge in [-0.05, 0) is 41.5 Å². The van der Waals surface area contributed by atoms with Gasteiger partial charge in [0.15, 0.2) is 0 Å². The Labute approximate surface area is 286 Å². The quantitative estimate of drug-likeness (QED) is 0.101. The van der Waals surface area contributed by atoms with Gasteiger partial charge in [-0.25, -0.2) is 14.5 Å². The first-order valence-electron chi connectivity index (χ1n) is 16.6. The standard InChI is InChI=1S/C32H63NO15/c1-31(2,3)47-29(35)33(30(36)48-32(4,5)6)7-9-37-11-13-39-15-17-41-19-21-43-23-25-45-27-28-46-26-24-44-22-20-42-18-16-40-14-12-38-10-8-34/h34H,7-28H2,1-6H3. The minimum atomic E-state index is -0.787. The molecule has 0 aliphatic rings. The Bertz CT molecular complexity index is 718. The fourth-order valence-electron chi connectivity index (χ4n) is 3.19. The van der Waals surface area contributed by atoms with Gasteiger partial charge < -0.3 is 61.9 Å². The van der Waals surface area contributed by atoms with E-state index in [1.54, 1.807) is 41.5 Å². The third-order valence-corrected chi connectivity index (χ3v) is 5.27. The number of carbonyl (C=O) groups is 2. The molecule has 0 saturated heterocycles. The van der Waals surface area contributed by atoms with E-state index >= 15 is 0 Å². The van der Waals surface area contributed by atoms with Crippen LogP contribution >= 0.6 is 0 Å². The van der Waals surface area contributed by atoms with Crippen LogP contribution in [0.1, 0.15) is 41.5 Å². The number of ether oxygens (including phenoxy) is 12. The minimum Gasteiger partial charge on any atom is -0.443 e. The first-order chi connectivity index (χ1) is 23.0. The molecule has 0 atom stereocenters. The Morgan fingerprint density at radius 2 is 0.604 bits per heavy atom. The van der Waals surface area contributed by atoms with Crippen LogP contribution in [0.5, 0.6) is 0 Å². The zero-order chi connectivity index (χ0) is 35.8. The van der Waals surface area contributed by atoms with Crippen molar-refractivity contribution in [3.8, 4) is 0 Å². The molecule has 0 spiro atoms. The van der Waals surface area contributed by atoms with Crippen molar-refractivity contribution in [1.82, 2.24) is 4.90 Å². The molecule has 48 heavy (non-hydrogen) atoms. The number of imide groups is 1. The maximum Gasteiger partial charge on any atom is 0.419 e. The smallest absolute Gasteiger partial charge is 0.419 e. The molecule has 0 aromatic carbocycles. The topological polar surface area (TPSA) is 168 Å². The first kappa shape index (κ1) is 46.3. The lowest BCUT2D eigenvalue weighted by Gasteiger charge is -2.28. The number of hydrogen-bond acceptors (Lipinski definition) is 15. The lowest BCUT2D eigenvalue weighted by Crippen LogP contribution is -2.45. The van der Waals surface area contributed by atoms with Gasteiger partial charge in [-0.2, -0.15) is 0 Å². The van der Waals surface area contributed by atoms with Crippen molar-refractivity contribution in [3.63, 3.8) is 0 Å². The summed E-state index contributed by atoms with van der Waals surface area (Å²) in [6, 6.07) is 0. The predicted molar refractivity (Wildman–Crippen MR) is 174 cm³/mol. The van der Waals surface area contributed by atoms with Crippen molar-refractivity contribution < 1.29 is 71.5 Å². The number of nitrogens with zero attached hydrogens (tertiary/aromatic N) is 1. The number of aliphatic hydroxyl groups is 1. The van der Waals surface area contributed by atoms with Gasteiger partial charge in [-0.3, -0.25) is 0 Å². The second-order valence-electron chi connectivity index (χ2n) is 12.0. The van der Waals surface area contributed by atoms with Crippen LogP contribution in [0.2, 0.25) is 0 Å². The third-order valence-electron chi connectivity index (χ3n) is 5.27. The molecule has 0 rings (SSSR count). The lowest BCUT2D eigenvalue weighted by atomic mass is 10.2. The molecular weight excluding hydrogens is 638 g/mol. The van der Waals surface area contributed by atoms with E-state index in [-0.39, 0.29) is 26.4 Å². The molecule has 0 bridgehead atoms. The second-order valence-corrected chi connectivity index (χ2v) is 12.0. The van der Waals surface area contributed by atoms with E-state index in [2.05, 4.69) is 0 Å². The highest BCUT2D eigenvalue weighted by Gasteiger charge is 2.30. The number of amides is 2. The number of hydrogen-bond donors (Lipinski definition) is 1. The van der Waals surface area contributed by atoms with Crippen molar-refractivity contribution in [3.05, 3.63) is 0 Å². The summed E-state index contributed by atoms with van der Waals surface area (Å²) in [4.78, 5) is 25.8. The summed E-state index contributed by atoms with van der Waals surface area (Å²) in [7, 11) is 0. The first-order valence-corrected chi connectivity index (χ1v) is 16.6. The molecule has 16 heteroatoms. The molecule has 0 unspecified atom stereocenters. The van der Waals surface area contributed by atoms with Crippen LogP contribution in [0.15, 0.2) is 0 Å². The van der Waals surface area contributed by atoms with Gasteiger partial charge in [0.1, 0.15) is 11.2 Å². The molecule has 0 aliphatic heterocycles. The van der Waals surface area contributed by atoms with Gasteiger partial charge in [0, 0.05) is 0 Å². The Kier molecular flexibility index (Phi) is 30.2. The highest BCUT2D eigenvalue weighted by molar-refractivity contribution is 5.88. The maximum atomic E-state index is 12.5. The average molecular weight is 702 g/mol. The molecule has 0 aromatic rings. The summed E-state index contributed by atoms with van der Waals surface area (Å²) in [6.07, 6.45) is -1.57. The molecule has 0 heterocycles. The molecule has 2 amide bonds. The van der Waals surface area contributed by atoms with E-state index < -0.39 is 23.4 Å². The van der Waals surface area contributed by atoms with Gasteiger partial charge in [-0.1, -0.05) is 0 Å². The van der Waals surface area contributed by atoms with Crippen LogP contribution in [0.25, 0.3) is 0 Å². The summed E-state index contributed by atoms with van der Waals surface area (Å²) >= 11 is 0. The van der Waals surface area contributed by atoms with E-state index in [0.29, 0.717) is 119 Å². The van der Waals surface area contributed by atoms with Crippen LogP contribution in [0.4, 0.5) is 9.59 Å². The summed E-state index contributed by atoms with van der Waals surface area (Å²) < 4.78 is 64.7. The Hall–Kier alpha value is -1.70.